The lowest BCUT2D eigenvalue weighted by Gasteiger charge is -2.16. The van der Waals surface area contributed by atoms with Gasteiger partial charge < -0.3 is 5.73 Å². The van der Waals surface area contributed by atoms with Gasteiger partial charge in [0.2, 0.25) is 0 Å². The maximum absolute atomic E-state index is 13.1. The van der Waals surface area contributed by atoms with Crippen molar-refractivity contribution in [2.24, 2.45) is 5.73 Å². The highest BCUT2D eigenvalue weighted by molar-refractivity contribution is 9.10. The second-order valence-electron chi connectivity index (χ2n) is 4.68. The molecule has 2 N–H and O–H groups in total. The van der Waals surface area contributed by atoms with E-state index in [1.165, 1.54) is 24.3 Å². The van der Waals surface area contributed by atoms with Gasteiger partial charge in [0, 0.05) is 10.5 Å². The number of hydrogen-bond donors (Lipinski definition) is 1. The average Bonchev–Trinajstić information content (AvgIpc) is 2.37. The fourth-order valence-corrected chi connectivity index (χ4v) is 2.50. The zero-order valence-electron chi connectivity index (χ0n) is 10.8. The summed E-state index contributed by atoms with van der Waals surface area (Å²) in [6, 6.07) is 9.09. The van der Waals surface area contributed by atoms with Crippen molar-refractivity contribution >= 4 is 15.9 Å². The van der Waals surface area contributed by atoms with Crippen molar-refractivity contribution < 1.29 is 17.6 Å². The van der Waals surface area contributed by atoms with Gasteiger partial charge in [0.15, 0.2) is 0 Å². The van der Waals surface area contributed by atoms with Gasteiger partial charge in [-0.25, -0.2) is 4.39 Å². The molecule has 2 aromatic rings. The third-order valence-corrected chi connectivity index (χ3v) is 3.76. The maximum atomic E-state index is 13.1. The topological polar surface area (TPSA) is 26.0 Å². The van der Waals surface area contributed by atoms with E-state index in [2.05, 4.69) is 15.9 Å². The van der Waals surface area contributed by atoms with Crippen LogP contribution in [0.1, 0.15) is 22.7 Å². The first-order valence-corrected chi connectivity index (χ1v) is 6.93. The molecule has 0 aliphatic heterocycles. The third kappa shape index (κ3) is 4.04. The Bertz CT molecular complexity index is 640. The van der Waals surface area contributed by atoms with Crippen LogP contribution in [0, 0.1) is 5.82 Å². The van der Waals surface area contributed by atoms with Gasteiger partial charge >= 0.3 is 6.18 Å². The molecule has 1 atom stereocenters. The number of hydrogen-bond acceptors (Lipinski definition) is 1. The lowest BCUT2D eigenvalue weighted by Crippen LogP contribution is -2.15. The van der Waals surface area contributed by atoms with E-state index in [9.17, 15) is 17.6 Å². The van der Waals surface area contributed by atoms with Gasteiger partial charge in [-0.1, -0.05) is 34.1 Å². The summed E-state index contributed by atoms with van der Waals surface area (Å²) in [7, 11) is 0. The minimum atomic E-state index is -4.45. The van der Waals surface area contributed by atoms with Crippen LogP contribution < -0.4 is 5.73 Å². The Morgan fingerprint density at radius 2 is 1.81 bits per heavy atom. The third-order valence-electron chi connectivity index (χ3n) is 3.07. The molecule has 0 bridgehead atoms. The van der Waals surface area contributed by atoms with Crippen molar-refractivity contribution in [2.75, 3.05) is 0 Å². The molecule has 2 aromatic carbocycles. The number of halogens is 5. The van der Waals surface area contributed by atoms with Gasteiger partial charge in [0.1, 0.15) is 5.82 Å². The first-order valence-electron chi connectivity index (χ1n) is 6.14. The van der Waals surface area contributed by atoms with Gasteiger partial charge in [0.05, 0.1) is 5.56 Å². The van der Waals surface area contributed by atoms with Crippen molar-refractivity contribution in [3.63, 3.8) is 0 Å². The van der Waals surface area contributed by atoms with E-state index >= 15 is 0 Å². The van der Waals surface area contributed by atoms with E-state index in [-0.39, 0.29) is 10.9 Å². The summed E-state index contributed by atoms with van der Waals surface area (Å²) in [6.07, 6.45) is -4.19. The SMILES string of the molecule is NC(Cc1cccc(F)c1)c1ccc(Br)c(C(F)(F)F)c1. The summed E-state index contributed by atoms with van der Waals surface area (Å²) in [5, 5.41) is 0. The summed E-state index contributed by atoms with van der Waals surface area (Å²) in [6.45, 7) is 0. The predicted octanol–water partition coefficient (Wildman–Crippen LogP) is 4.85. The van der Waals surface area contributed by atoms with Crippen molar-refractivity contribution in [1.82, 2.24) is 0 Å². The molecule has 0 aromatic heterocycles. The molecule has 1 unspecified atom stereocenters. The van der Waals surface area contributed by atoms with Gasteiger partial charge in [-0.2, -0.15) is 13.2 Å². The Labute approximate surface area is 127 Å². The smallest absolute Gasteiger partial charge is 0.324 e. The molecule has 0 aliphatic rings. The van der Waals surface area contributed by atoms with Crippen LogP contribution in [0.2, 0.25) is 0 Å². The van der Waals surface area contributed by atoms with E-state index in [0.29, 0.717) is 11.1 Å². The predicted molar refractivity (Wildman–Crippen MR) is 76.2 cm³/mol. The molecule has 21 heavy (non-hydrogen) atoms. The van der Waals surface area contributed by atoms with Crippen LogP contribution in [0.5, 0.6) is 0 Å². The Kier molecular flexibility index (Phi) is 4.68. The zero-order chi connectivity index (χ0) is 15.6. The minimum absolute atomic E-state index is 0.0308. The fraction of sp³-hybridized carbons (Fsp3) is 0.200. The van der Waals surface area contributed by atoms with Crippen LogP contribution in [0.4, 0.5) is 17.6 Å². The largest absolute Gasteiger partial charge is 0.417 e. The molecule has 0 amide bonds. The van der Waals surface area contributed by atoms with Gasteiger partial charge in [-0.15, -0.1) is 0 Å². The monoisotopic (exact) mass is 361 g/mol. The van der Waals surface area contributed by atoms with Crippen LogP contribution in [-0.4, -0.2) is 0 Å². The minimum Gasteiger partial charge on any atom is -0.324 e. The molecule has 0 radical (unpaired) electrons. The molecular formula is C15H12BrF4N. The molecule has 112 valence electrons. The average molecular weight is 362 g/mol. The second-order valence-corrected chi connectivity index (χ2v) is 5.53. The molecule has 6 heteroatoms. The number of rotatable bonds is 3. The normalized spacial score (nSPS) is 13.2. The van der Waals surface area contributed by atoms with Crippen LogP contribution in [-0.2, 0) is 12.6 Å². The summed E-state index contributed by atoms with van der Waals surface area (Å²) in [5.74, 6) is -0.397. The van der Waals surface area contributed by atoms with Crippen molar-refractivity contribution in [2.45, 2.75) is 18.6 Å². The van der Waals surface area contributed by atoms with Crippen LogP contribution >= 0.6 is 15.9 Å². The maximum Gasteiger partial charge on any atom is 0.417 e. The first kappa shape index (κ1) is 16.0. The molecule has 0 fully saturated rings. The van der Waals surface area contributed by atoms with Crippen molar-refractivity contribution in [3.8, 4) is 0 Å². The number of nitrogens with two attached hydrogens (primary N) is 1. The Morgan fingerprint density at radius 1 is 1.10 bits per heavy atom. The van der Waals surface area contributed by atoms with E-state index in [4.69, 9.17) is 5.73 Å². The Morgan fingerprint density at radius 3 is 2.43 bits per heavy atom. The first-order chi connectivity index (χ1) is 9.77. The van der Waals surface area contributed by atoms with E-state index in [1.807, 2.05) is 0 Å². The molecule has 0 heterocycles. The molecule has 2 rings (SSSR count). The standard InChI is InChI=1S/C15H12BrF4N/c16-13-5-4-10(8-12(13)15(18,19)20)14(21)7-9-2-1-3-11(17)6-9/h1-6,8,14H,7,21H2. The van der Waals surface area contributed by atoms with Gasteiger partial charge in [-0.3, -0.25) is 0 Å². The Balaban J connectivity index is 2.25. The highest BCUT2D eigenvalue weighted by Crippen LogP contribution is 2.36. The van der Waals surface area contributed by atoms with E-state index in [1.54, 1.807) is 12.1 Å². The summed E-state index contributed by atoms with van der Waals surface area (Å²) < 4.78 is 51.6. The lowest BCUT2D eigenvalue weighted by molar-refractivity contribution is -0.138. The quantitative estimate of drug-likeness (QED) is 0.777. The summed E-state index contributed by atoms with van der Waals surface area (Å²) in [4.78, 5) is 0. The molecule has 0 aliphatic carbocycles. The number of benzene rings is 2. The van der Waals surface area contributed by atoms with Gasteiger partial charge in [0.25, 0.3) is 0 Å². The second kappa shape index (κ2) is 6.15. The Hall–Kier alpha value is -1.40. The number of alkyl halides is 3. The van der Waals surface area contributed by atoms with Crippen molar-refractivity contribution in [3.05, 3.63) is 69.4 Å². The molecular weight excluding hydrogens is 350 g/mol. The van der Waals surface area contributed by atoms with Gasteiger partial charge in [-0.05, 0) is 41.8 Å². The fourth-order valence-electron chi connectivity index (χ4n) is 2.03. The summed E-state index contributed by atoms with van der Waals surface area (Å²) >= 11 is 2.88. The van der Waals surface area contributed by atoms with Crippen LogP contribution in [0.15, 0.2) is 46.9 Å². The molecule has 1 nitrogen and oxygen atoms in total. The molecule has 0 spiro atoms. The zero-order valence-corrected chi connectivity index (χ0v) is 12.4. The lowest BCUT2D eigenvalue weighted by atomic mass is 9.98. The van der Waals surface area contributed by atoms with Crippen molar-refractivity contribution in [1.29, 1.82) is 0 Å². The highest BCUT2D eigenvalue weighted by atomic mass is 79.9. The molecule has 0 saturated heterocycles. The van der Waals surface area contributed by atoms with Crippen LogP contribution in [0.25, 0.3) is 0 Å². The van der Waals surface area contributed by atoms with Crippen LogP contribution in [0.3, 0.4) is 0 Å². The summed E-state index contributed by atoms with van der Waals surface area (Å²) in [5.41, 5.74) is 6.16. The highest BCUT2D eigenvalue weighted by Gasteiger charge is 2.33. The van der Waals surface area contributed by atoms with E-state index in [0.717, 1.165) is 6.07 Å². The van der Waals surface area contributed by atoms with E-state index < -0.39 is 23.6 Å². The molecule has 0 saturated carbocycles.